The molecule has 0 aliphatic heterocycles. The maximum atomic E-state index is 12.4. The van der Waals surface area contributed by atoms with Crippen molar-refractivity contribution in [3.8, 4) is 5.88 Å². The number of benzene rings is 2. The molecule has 0 fully saturated rings. The molecule has 8 heteroatoms. The predicted octanol–water partition coefficient (Wildman–Crippen LogP) is 5.10. The number of anilines is 2. The van der Waals surface area contributed by atoms with Gasteiger partial charge in [0.1, 0.15) is 0 Å². The van der Waals surface area contributed by atoms with E-state index in [-0.39, 0.29) is 30.7 Å². The summed E-state index contributed by atoms with van der Waals surface area (Å²) >= 11 is 5.98. The fourth-order valence-electron chi connectivity index (χ4n) is 2.90. The lowest BCUT2D eigenvalue weighted by molar-refractivity contribution is -0.111. The molecule has 1 aromatic heterocycles. The summed E-state index contributed by atoms with van der Waals surface area (Å²) in [7, 11) is 1.55. The summed E-state index contributed by atoms with van der Waals surface area (Å²) in [5, 5.41) is 4.86. The van der Waals surface area contributed by atoms with Gasteiger partial charge >= 0.3 is 0 Å². The van der Waals surface area contributed by atoms with Gasteiger partial charge in [0.25, 0.3) is 0 Å². The summed E-state index contributed by atoms with van der Waals surface area (Å²) in [6.07, 6.45) is 5.41. The number of hydrogen-bond donors (Lipinski definition) is 2. The van der Waals surface area contributed by atoms with Crippen LogP contribution >= 0.6 is 36.4 Å². The average molecular weight is 455 g/mol. The molecule has 0 aliphatic rings. The zero-order valence-corrected chi connectivity index (χ0v) is 18.1. The van der Waals surface area contributed by atoms with Gasteiger partial charge in [-0.2, -0.15) is 0 Å². The van der Waals surface area contributed by atoms with E-state index >= 15 is 0 Å². The van der Waals surface area contributed by atoms with E-state index in [2.05, 4.69) is 10.3 Å². The summed E-state index contributed by atoms with van der Waals surface area (Å²) in [6.45, 7) is 0. The molecular formula is C21H22Cl3N3O2. The Balaban J connectivity index is 0.00000210. The lowest BCUT2D eigenvalue weighted by Gasteiger charge is -2.14. The Morgan fingerprint density at radius 2 is 1.93 bits per heavy atom. The highest BCUT2D eigenvalue weighted by molar-refractivity contribution is 6.18. The number of carbonyl (C=O) groups is 1. The van der Waals surface area contributed by atoms with Gasteiger partial charge in [-0.25, -0.2) is 4.98 Å². The molecule has 3 rings (SSSR count). The number of rotatable bonds is 6. The maximum Gasteiger partial charge on any atom is 0.248 e. The van der Waals surface area contributed by atoms with Crippen molar-refractivity contribution >= 4 is 70.5 Å². The zero-order chi connectivity index (χ0) is 19.2. The van der Waals surface area contributed by atoms with Crippen molar-refractivity contribution in [2.45, 2.75) is 6.42 Å². The molecule has 0 saturated carbocycles. The molecule has 1 amide bonds. The molecule has 0 atom stereocenters. The van der Waals surface area contributed by atoms with E-state index < -0.39 is 0 Å². The molecule has 0 saturated heterocycles. The van der Waals surface area contributed by atoms with E-state index in [4.69, 9.17) is 22.1 Å². The van der Waals surface area contributed by atoms with Crippen LogP contribution in [-0.2, 0) is 11.2 Å². The van der Waals surface area contributed by atoms with Crippen LogP contribution in [0.15, 0.2) is 54.7 Å². The van der Waals surface area contributed by atoms with Crippen LogP contribution in [0.5, 0.6) is 5.88 Å². The van der Waals surface area contributed by atoms with Crippen molar-refractivity contribution in [3.05, 3.63) is 65.9 Å². The van der Waals surface area contributed by atoms with Crippen molar-refractivity contribution in [1.82, 2.24) is 4.98 Å². The molecule has 0 aliphatic carbocycles. The Labute approximate surface area is 187 Å². The minimum absolute atomic E-state index is 0. The number of nitrogens with two attached hydrogens (primary N) is 1. The van der Waals surface area contributed by atoms with Crippen LogP contribution in [0.2, 0.25) is 0 Å². The van der Waals surface area contributed by atoms with Crippen LogP contribution in [-0.4, -0.2) is 23.9 Å². The Hall–Kier alpha value is -2.47. The molecule has 0 unspecified atom stereocenters. The number of amides is 1. The van der Waals surface area contributed by atoms with Crippen LogP contribution in [0.3, 0.4) is 0 Å². The van der Waals surface area contributed by atoms with Crippen LogP contribution in [0, 0.1) is 0 Å². The highest BCUT2D eigenvalue weighted by Gasteiger charge is 2.12. The number of fused-ring (bicyclic) bond motifs is 1. The molecule has 2 aromatic carbocycles. The van der Waals surface area contributed by atoms with E-state index in [1.165, 1.54) is 6.08 Å². The number of aryl methyl sites for hydroxylation is 1. The molecule has 3 N–H and O–H groups in total. The van der Waals surface area contributed by atoms with Crippen molar-refractivity contribution < 1.29 is 9.53 Å². The number of halogens is 3. The largest absolute Gasteiger partial charge is 0.481 e. The third-order valence-electron chi connectivity index (χ3n) is 4.19. The topological polar surface area (TPSA) is 77.2 Å². The van der Waals surface area contributed by atoms with Crippen LogP contribution in [0.4, 0.5) is 11.4 Å². The summed E-state index contributed by atoms with van der Waals surface area (Å²) in [6, 6.07) is 13.2. The van der Waals surface area contributed by atoms with Crippen molar-refractivity contribution in [3.63, 3.8) is 0 Å². The Kier molecular flexibility index (Phi) is 9.75. The summed E-state index contributed by atoms with van der Waals surface area (Å²) < 4.78 is 5.02. The monoisotopic (exact) mass is 453 g/mol. The quantitative estimate of drug-likeness (QED) is 0.308. The van der Waals surface area contributed by atoms with Crippen molar-refractivity contribution in [1.29, 1.82) is 0 Å². The number of hydrogen-bond acceptors (Lipinski definition) is 4. The van der Waals surface area contributed by atoms with Crippen molar-refractivity contribution in [2.75, 3.05) is 24.0 Å². The minimum atomic E-state index is -0.253. The standard InChI is InChI=1S/C21H20ClN3O2.2ClH/c1-27-21-9-7-14(13-24-21)6-8-20(26)25-19-12-18(23)16-5-3-2-4-15(16)17(19)10-11-22;;/h2-9,12-13H,10-11,23H2,1H3,(H,25,26);2*1H/b8-6+;;. The summed E-state index contributed by atoms with van der Waals surface area (Å²) in [5.41, 5.74) is 9.23. The van der Waals surface area contributed by atoms with Gasteiger partial charge in [0, 0.05) is 41.0 Å². The number of nitrogens with zero attached hydrogens (tertiary/aromatic N) is 1. The SMILES string of the molecule is COc1ccc(/C=C/C(=O)Nc2cc(N)c3ccccc3c2CCCl)cn1.Cl.Cl. The van der Waals surface area contributed by atoms with E-state index in [0.717, 1.165) is 21.9 Å². The fraction of sp³-hybridized carbons (Fsp3) is 0.143. The summed E-state index contributed by atoms with van der Waals surface area (Å²) in [4.78, 5) is 16.5. The van der Waals surface area contributed by atoms with Crippen molar-refractivity contribution in [2.24, 2.45) is 0 Å². The first kappa shape index (κ1) is 24.6. The first-order chi connectivity index (χ1) is 13.1. The molecule has 29 heavy (non-hydrogen) atoms. The number of pyridine rings is 1. The number of aromatic nitrogens is 1. The van der Waals surface area contributed by atoms with Gasteiger partial charge in [-0.15, -0.1) is 36.4 Å². The molecule has 0 spiro atoms. The van der Waals surface area contributed by atoms with Gasteiger partial charge in [0.15, 0.2) is 0 Å². The lowest BCUT2D eigenvalue weighted by Crippen LogP contribution is -2.11. The molecule has 154 valence electrons. The van der Waals surface area contributed by atoms with Gasteiger partial charge in [0.2, 0.25) is 11.8 Å². The molecule has 0 radical (unpaired) electrons. The number of nitrogens with one attached hydrogen (secondary N) is 1. The minimum Gasteiger partial charge on any atom is -0.481 e. The second-order valence-corrected chi connectivity index (χ2v) is 6.31. The molecule has 3 aromatic rings. The third kappa shape index (κ3) is 6.00. The fourth-order valence-corrected chi connectivity index (χ4v) is 3.09. The van der Waals surface area contributed by atoms with Gasteiger partial charge < -0.3 is 15.8 Å². The smallest absolute Gasteiger partial charge is 0.248 e. The highest BCUT2D eigenvalue weighted by Crippen LogP contribution is 2.32. The first-order valence-electron chi connectivity index (χ1n) is 8.47. The van der Waals surface area contributed by atoms with Gasteiger partial charge in [-0.1, -0.05) is 24.3 Å². The number of ether oxygens (including phenoxy) is 1. The van der Waals surface area contributed by atoms with Crippen LogP contribution in [0.1, 0.15) is 11.1 Å². The van der Waals surface area contributed by atoms with Crippen LogP contribution < -0.4 is 15.8 Å². The van der Waals surface area contributed by atoms with E-state index in [9.17, 15) is 4.79 Å². The maximum absolute atomic E-state index is 12.4. The second kappa shape index (κ2) is 11.5. The van der Waals surface area contributed by atoms with E-state index in [0.29, 0.717) is 29.6 Å². The van der Waals surface area contributed by atoms with Gasteiger partial charge in [-0.05, 0) is 41.1 Å². The first-order valence-corrected chi connectivity index (χ1v) is 9.01. The Morgan fingerprint density at radius 3 is 2.55 bits per heavy atom. The van der Waals surface area contributed by atoms with E-state index in [1.807, 2.05) is 30.3 Å². The Bertz CT molecular complexity index is 992. The summed E-state index contributed by atoms with van der Waals surface area (Å²) in [5.74, 6) is 0.717. The number of nitrogen functional groups attached to an aromatic ring is 1. The number of alkyl halides is 1. The number of carbonyl (C=O) groups excluding carboxylic acids is 1. The molecule has 5 nitrogen and oxygen atoms in total. The zero-order valence-electron chi connectivity index (χ0n) is 15.7. The van der Waals surface area contributed by atoms with E-state index in [1.54, 1.807) is 31.5 Å². The van der Waals surface area contributed by atoms with Gasteiger partial charge in [-0.3, -0.25) is 4.79 Å². The molecule has 0 bridgehead atoms. The molecular weight excluding hydrogens is 433 g/mol. The second-order valence-electron chi connectivity index (χ2n) is 5.93. The normalized spacial score (nSPS) is 10.3. The Morgan fingerprint density at radius 1 is 1.21 bits per heavy atom. The highest BCUT2D eigenvalue weighted by atomic mass is 35.5. The molecule has 1 heterocycles. The third-order valence-corrected chi connectivity index (χ3v) is 4.38. The average Bonchev–Trinajstić information content (AvgIpc) is 2.70. The lowest BCUT2D eigenvalue weighted by atomic mass is 9.99. The van der Waals surface area contributed by atoms with Crippen LogP contribution in [0.25, 0.3) is 16.8 Å². The van der Waals surface area contributed by atoms with Gasteiger partial charge in [0.05, 0.1) is 7.11 Å². The predicted molar refractivity (Wildman–Crippen MR) is 126 cm³/mol. The number of methoxy groups -OCH3 is 1.